The molecular weight excluding hydrogens is 300 g/mol. The van der Waals surface area contributed by atoms with Gasteiger partial charge in [0.05, 0.1) is 12.0 Å². The van der Waals surface area contributed by atoms with E-state index in [0.29, 0.717) is 0 Å². The summed E-state index contributed by atoms with van der Waals surface area (Å²) in [5.41, 5.74) is -0.840. The molecule has 0 aromatic heterocycles. The molecule has 1 fully saturated rings. The first-order valence-electron chi connectivity index (χ1n) is 6.95. The lowest BCUT2D eigenvalue weighted by Crippen LogP contribution is -2.51. The van der Waals surface area contributed by atoms with E-state index in [1.807, 2.05) is 0 Å². The van der Waals surface area contributed by atoms with Crippen molar-refractivity contribution in [2.45, 2.75) is 51.5 Å². The van der Waals surface area contributed by atoms with Crippen molar-refractivity contribution in [2.75, 3.05) is 18.6 Å². The zero-order valence-corrected chi connectivity index (χ0v) is 14.1. The third-order valence-corrected chi connectivity index (χ3v) is 5.79. The Hall–Kier alpha value is -0.180. The number of hydrogen-bond acceptors (Lipinski definition) is 4. The van der Waals surface area contributed by atoms with E-state index in [-0.39, 0.29) is 18.2 Å². The highest BCUT2D eigenvalue weighted by molar-refractivity contribution is 7.89. The molecule has 8 heteroatoms. The van der Waals surface area contributed by atoms with Crippen LogP contribution < -0.4 is 9.44 Å². The van der Waals surface area contributed by atoms with E-state index in [1.165, 1.54) is 6.42 Å². The largest absolute Gasteiger partial charge is 0.213 e. The zero-order valence-electron chi connectivity index (χ0n) is 12.5. The van der Waals surface area contributed by atoms with Crippen LogP contribution in [0, 0.1) is 5.92 Å². The Morgan fingerprint density at radius 2 is 1.60 bits per heavy atom. The quantitative estimate of drug-likeness (QED) is 0.724. The molecule has 0 saturated heterocycles. The lowest BCUT2D eigenvalue weighted by molar-refractivity contribution is 0.382. The van der Waals surface area contributed by atoms with Crippen molar-refractivity contribution in [1.82, 2.24) is 9.44 Å². The van der Waals surface area contributed by atoms with E-state index in [4.69, 9.17) is 0 Å². The van der Waals surface area contributed by atoms with Gasteiger partial charge in [0, 0.05) is 12.1 Å². The Bertz CT molecular complexity index is 506. The smallest absolute Gasteiger partial charge is 0.211 e. The van der Waals surface area contributed by atoms with Gasteiger partial charge in [-0.1, -0.05) is 19.3 Å². The highest BCUT2D eigenvalue weighted by Gasteiger charge is 2.26. The molecule has 1 aliphatic carbocycles. The molecule has 1 rings (SSSR count). The molecule has 1 saturated carbocycles. The van der Waals surface area contributed by atoms with Gasteiger partial charge in [-0.2, -0.15) is 0 Å². The van der Waals surface area contributed by atoms with Gasteiger partial charge in [0.2, 0.25) is 20.0 Å². The first-order valence-corrected chi connectivity index (χ1v) is 10.5. The molecule has 0 atom stereocenters. The fourth-order valence-corrected chi connectivity index (χ4v) is 5.28. The average molecular weight is 326 g/mol. The highest BCUT2D eigenvalue weighted by Crippen LogP contribution is 2.24. The average Bonchev–Trinajstić information content (AvgIpc) is 2.24. The molecule has 0 aromatic carbocycles. The SMILES string of the molecule is CC(C)(CNS(=O)(=O)CC1CCCCC1)NS(C)(=O)=O. The van der Waals surface area contributed by atoms with Gasteiger partial charge in [0.25, 0.3) is 0 Å². The van der Waals surface area contributed by atoms with Gasteiger partial charge >= 0.3 is 0 Å². The maximum absolute atomic E-state index is 12.0. The summed E-state index contributed by atoms with van der Waals surface area (Å²) in [7, 11) is -6.72. The third kappa shape index (κ3) is 7.56. The van der Waals surface area contributed by atoms with Crippen LogP contribution in [0.1, 0.15) is 46.0 Å². The molecular formula is C12H26N2O4S2. The normalized spacial score (nSPS) is 19.1. The van der Waals surface area contributed by atoms with E-state index < -0.39 is 25.6 Å². The first kappa shape index (κ1) is 17.9. The predicted molar refractivity (Wildman–Crippen MR) is 80.4 cm³/mol. The van der Waals surface area contributed by atoms with Crippen LogP contribution in [0.15, 0.2) is 0 Å². The van der Waals surface area contributed by atoms with Crippen LogP contribution in [-0.4, -0.2) is 40.9 Å². The van der Waals surface area contributed by atoms with Crippen molar-refractivity contribution in [2.24, 2.45) is 5.92 Å². The van der Waals surface area contributed by atoms with Crippen molar-refractivity contribution in [3.05, 3.63) is 0 Å². The van der Waals surface area contributed by atoms with Crippen molar-refractivity contribution >= 4 is 20.0 Å². The summed E-state index contributed by atoms with van der Waals surface area (Å²) in [5.74, 6) is 0.370. The standard InChI is InChI=1S/C12H26N2O4S2/c1-12(2,14-19(3,15)16)10-13-20(17,18)9-11-7-5-4-6-8-11/h11,13-14H,4-10H2,1-3H3. The van der Waals surface area contributed by atoms with Crippen LogP contribution in [0.4, 0.5) is 0 Å². The Balaban J connectivity index is 2.49. The molecule has 0 unspecified atom stereocenters. The summed E-state index contributed by atoms with van der Waals surface area (Å²) >= 11 is 0. The number of rotatable bonds is 7. The summed E-state index contributed by atoms with van der Waals surface area (Å²) in [4.78, 5) is 0. The van der Waals surface area contributed by atoms with Crippen LogP contribution in [0.5, 0.6) is 0 Å². The second-order valence-corrected chi connectivity index (χ2v) is 9.96. The topological polar surface area (TPSA) is 92.3 Å². The highest BCUT2D eigenvalue weighted by atomic mass is 32.2. The number of hydrogen-bond donors (Lipinski definition) is 2. The summed E-state index contributed by atoms with van der Waals surface area (Å²) in [6.07, 6.45) is 6.38. The van der Waals surface area contributed by atoms with Crippen molar-refractivity contribution in [1.29, 1.82) is 0 Å². The van der Waals surface area contributed by atoms with E-state index in [9.17, 15) is 16.8 Å². The maximum atomic E-state index is 12.0. The van der Waals surface area contributed by atoms with E-state index >= 15 is 0 Å². The van der Waals surface area contributed by atoms with Crippen molar-refractivity contribution < 1.29 is 16.8 Å². The van der Waals surface area contributed by atoms with Crippen LogP contribution in [0.3, 0.4) is 0 Å². The Morgan fingerprint density at radius 1 is 1.05 bits per heavy atom. The molecule has 0 bridgehead atoms. The van der Waals surface area contributed by atoms with Crippen molar-refractivity contribution in [3.8, 4) is 0 Å². The van der Waals surface area contributed by atoms with Gasteiger partial charge in [-0.3, -0.25) is 0 Å². The lowest BCUT2D eigenvalue weighted by Gasteiger charge is -2.26. The van der Waals surface area contributed by atoms with Crippen LogP contribution >= 0.6 is 0 Å². The van der Waals surface area contributed by atoms with Gasteiger partial charge < -0.3 is 0 Å². The van der Waals surface area contributed by atoms with Crippen molar-refractivity contribution in [3.63, 3.8) is 0 Å². The molecule has 1 aliphatic rings. The summed E-state index contributed by atoms with van der Waals surface area (Å²) in [6, 6.07) is 0. The van der Waals surface area contributed by atoms with E-state index in [0.717, 1.165) is 31.9 Å². The number of nitrogens with one attached hydrogen (secondary N) is 2. The fraction of sp³-hybridized carbons (Fsp3) is 1.00. The Morgan fingerprint density at radius 3 is 2.10 bits per heavy atom. The molecule has 0 aromatic rings. The Kier molecular flexibility index (Phi) is 6.01. The molecule has 0 radical (unpaired) electrons. The van der Waals surface area contributed by atoms with Crippen LogP contribution in [0.2, 0.25) is 0 Å². The molecule has 2 N–H and O–H groups in total. The molecule has 20 heavy (non-hydrogen) atoms. The molecule has 6 nitrogen and oxygen atoms in total. The zero-order chi connectivity index (χ0) is 15.4. The molecule has 0 heterocycles. The van der Waals surface area contributed by atoms with E-state index in [1.54, 1.807) is 13.8 Å². The molecule has 0 spiro atoms. The maximum Gasteiger partial charge on any atom is 0.211 e. The first-order chi connectivity index (χ1) is 8.99. The lowest BCUT2D eigenvalue weighted by atomic mass is 9.91. The minimum Gasteiger partial charge on any atom is -0.213 e. The van der Waals surface area contributed by atoms with Gasteiger partial charge in [0.15, 0.2) is 0 Å². The molecule has 120 valence electrons. The second kappa shape index (κ2) is 6.72. The van der Waals surface area contributed by atoms with Crippen LogP contribution in [0.25, 0.3) is 0 Å². The predicted octanol–water partition coefficient (Wildman–Crippen LogP) is 0.814. The van der Waals surface area contributed by atoms with E-state index in [2.05, 4.69) is 9.44 Å². The second-order valence-electron chi connectivity index (χ2n) is 6.36. The summed E-state index contributed by atoms with van der Waals surface area (Å²) < 4.78 is 51.4. The van der Waals surface area contributed by atoms with Gasteiger partial charge in [-0.15, -0.1) is 0 Å². The van der Waals surface area contributed by atoms with Gasteiger partial charge in [0.1, 0.15) is 0 Å². The number of sulfonamides is 2. The molecule has 0 aliphatic heterocycles. The summed E-state index contributed by atoms with van der Waals surface area (Å²) in [6.45, 7) is 3.35. The summed E-state index contributed by atoms with van der Waals surface area (Å²) in [5, 5.41) is 0. The Labute approximate surface area is 122 Å². The van der Waals surface area contributed by atoms with Gasteiger partial charge in [-0.25, -0.2) is 26.3 Å². The minimum atomic E-state index is -3.36. The fourth-order valence-electron chi connectivity index (χ4n) is 2.55. The monoisotopic (exact) mass is 326 g/mol. The molecule has 0 amide bonds. The van der Waals surface area contributed by atoms with Crippen LogP contribution in [-0.2, 0) is 20.0 Å². The van der Waals surface area contributed by atoms with Gasteiger partial charge in [-0.05, 0) is 32.6 Å². The third-order valence-electron chi connectivity index (χ3n) is 3.38. The minimum absolute atomic E-state index is 0.0507.